The number of anilines is 1. The Kier molecular flexibility index (Phi) is 10.4. The van der Waals surface area contributed by atoms with Crippen LogP contribution in [0.25, 0.3) is 10.8 Å². The topological polar surface area (TPSA) is 144 Å². The number of piperazine rings is 1. The number of carbonyl (C=O) groups excluding carboxylic acids is 3. The number of nitrogens with one attached hydrogen (secondary N) is 3. The van der Waals surface area contributed by atoms with Crippen LogP contribution in [0.2, 0.25) is 0 Å². The third-order valence-corrected chi connectivity index (χ3v) is 9.42. The number of hydrogen-bond donors (Lipinski definition) is 3. The molecule has 2 saturated heterocycles. The summed E-state index contributed by atoms with van der Waals surface area (Å²) in [5.74, 6) is -1.16. The molecule has 2 fully saturated rings. The predicted octanol–water partition coefficient (Wildman–Crippen LogP) is 0.949. The number of carbonyl (C=O) groups is 3. The molecule has 0 spiro atoms. The number of piperidine rings is 1. The normalized spacial score (nSPS) is 16.8. The van der Waals surface area contributed by atoms with Crippen molar-refractivity contribution in [2.24, 2.45) is 0 Å². The zero-order valence-corrected chi connectivity index (χ0v) is 25.5. The summed E-state index contributed by atoms with van der Waals surface area (Å²) in [4.78, 5) is 49.2. The van der Waals surface area contributed by atoms with Crippen molar-refractivity contribution in [3.8, 4) is 0 Å². The molecule has 0 radical (unpaired) electrons. The van der Waals surface area contributed by atoms with Crippen molar-refractivity contribution in [3.63, 3.8) is 0 Å². The summed E-state index contributed by atoms with van der Waals surface area (Å²) in [6, 6.07) is 15.1. The molecule has 2 aromatic carbocycles. The molecule has 3 heterocycles. The first-order chi connectivity index (χ1) is 21.3. The molecule has 0 aliphatic carbocycles. The molecule has 44 heavy (non-hydrogen) atoms. The highest BCUT2D eigenvalue weighted by atomic mass is 32.2. The molecule has 0 saturated carbocycles. The maximum atomic E-state index is 13.4. The number of fused-ring (bicyclic) bond motifs is 1. The molecule has 3 N–H and O–H groups in total. The standard InChI is InChI=1S/C31H39N7O5S/c39-29(22-34-44(42,43)27-9-8-24-6-2-3-7-25(24)20-27)33-21-28(31(41)38-14-4-1-5-15-38)35-30(40)23-36-16-18-37(19-17-36)26-10-12-32-13-11-26/h2-3,6-13,20,28,34H,1,4-5,14-19,21-23H2,(H,33,39)(H,35,40). The monoisotopic (exact) mass is 621 g/mol. The lowest BCUT2D eigenvalue weighted by atomic mass is 10.1. The van der Waals surface area contributed by atoms with Gasteiger partial charge in [-0.25, -0.2) is 13.1 Å². The van der Waals surface area contributed by atoms with Crippen molar-refractivity contribution in [1.82, 2.24) is 30.1 Å². The van der Waals surface area contributed by atoms with Gasteiger partial charge in [-0.1, -0.05) is 30.3 Å². The summed E-state index contributed by atoms with van der Waals surface area (Å²) in [6.07, 6.45) is 6.33. The molecule has 13 heteroatoms. The van der Waals surface area contributed by atoms with Gasteiger partial charge < -0.3 is 20.4 Å². The molecule has 1 atom stereocenters. The highest BCUT2D eigenvalue weighted by Crippen LogP contribution is 2.19. The van der Waals surface area contributed by atoms with E-state index in [1.165, 1.54) is 6.07 Å². The van der Waals surface area contributed by atoms with Gasteiger partial charge in [-0.3, -0.25) is 24.3 Å². The van der Waals surface area contributed by atoms with Gasteiger partial charge in [0.05, 0.1) is 18.0 Å². The molecule has 1 aromatic heterocycles. The lowest BCUT2D eigenvalue weighted by Gasteiger charge is -2.36. The third-order valence-electron chi connectivity index (χ3n) is 8.03. The van der Waals surface area contributed by atoms with E-state index in [9.17, 15) is 22.8 Å². The number of amides is 3. The van der Waals surface area contributed by atoms with Gasteiger partial charge >= 0.3 is 0 Å². The molecule has 2 aliphatic heterocycles. The van der Waals surface area contributed by atoms with E-state index in [2.05, 4.69) is 25.2 Å². The molecule has 12 nitrogen and oxygen atoms in total. The number of pyridine rings is 1. The van der Waals surface area contributed by atoms with Gasteiger partial charge in [0.1, 0.15) is 6.04 Å². The van der Waals surface area contributed by atoms with Gasteiger partial charge in [0, 0.05) is 63.9 Å². The van der Waals surface area contributed by atoms with E-state index < -0.39 is 28.5 Å². The number of aromatic nitrogens is 1. The fraction of sp³-hybridized carbons (Fsp3) is 0.419. The number of nitrogens with zero attached hydrogens (tertiary/aromatic N) is 4. The molecule has 234 valence electrons. The Morgan fingerprint density at radius 2 is 1.52 bits per heavy atom. The van der Waals surface area contributed by atoms with Crippen molar-refractivity contribution in [3.05, 3.63) is 67.0 Å². The quantitative estimate of drug-likeness (QED) is 0.287. The largest absolute Gasteiger partial charge is 0.369 e. The minimum absolute atomic E-state index is 0.0519. The average molecular weight is 622 g/mol. The maximum Gasteiger partial charge on any atom is 0.246 e. The smallest absolute Gasteiger partial charge is 0.246 e. The Morgan fingerprint density at radius 3 is 2.25 bits per heavy atom. The lowest BCUT2D eigenvalue weighted by molar-refractivity contribution is -0.137. The van der Waals surface area contributed by atoms with Gasteiger partial charge in [-0.15, -0.1) is 0 Å². The van der Waals surface area contributed by atoms with Crippen LogP contribution in [0.5, 0.6) is 0 Å². The summed E-state index contributed by atoms with van der Waals surface area (Å²) in [6.45, 7) is 3.58. The number of likely N-dealkylation sites (tertiary alicyclic amines) is 1. The predicted molar refractivity (Wildman–Crippen MR) is 167 cm³/mol. The van der Waals surface area contributed by atoms with Gasteiger partial charge in [0.25, 0.3) is 0 Å². The Balaban J connectivity index is 1.14. The summed E-state index contributed by atoms with van der Waals surface area (Å²) >= 11 is 0. The van der Waals surface area contributed by atoms with Gasteiger partial charge in [0.15, 0.2) is 0 Å². The Bertz CT molecular complexity index is 1560. The van der Waals surface area contributed by atoms with E-state index in [1.54, 1.807) is 29.4 Å². The zero-order chi connectivity index (χ0) is 30.9. The van der Waals surface area contributed by atoms with Crippen molar-refractivity contribution in [2.75, 3.05) is 63.8 Å². The Hall–Kier alpha value is -4.07. The SMILES string of the molecule is O=C(CNS(=O)(=O)c1ccc2ccccc2c1)NCC(NC(=O)CN1CCN(c2ccncc2)CC1)C(=O)N1CCCCC1. The van der Waals surface area contributed by atoms with E-state index >= 15 is 0 Å². The number of benzene rings is 2. The van der Waals surface area contributed by atoms with Crippen LogP contribution in [-0.2, 0) is 24.4 Å². The third kappa shape index (κ3) is 8.30. The second-order valence-corrected chi connectivity index (χ2v) is 12.9. The molecule has 1 unspecified atom stereocenters. The molecule has 3 aromatic rings. The summed E-state index contributed by atoms with van der Waals surface area (Å²) < 4.78 is 28.0. The van der Waals surface area contributed by atoms with E-state index in [1.807, 2.05) is 41.3 Å². The highest BCUT2D eigenvalue weighted by Gasteiger charge is 2.29. The van der Waals surface area contributed by atoms with Crippen LogP contribution in [-0.4, -0.2) is 106 Å². The molecule has 2 aliphatic rings. The summed E-state index contributed by atoms with van der Waals surface area (Å²) in [5.41, 5.74) is 1.09. The zero-order valence-electron chi connectivity index (χ0n) is 24.7. The van der Waals surface area contributed by atoms with Crippen LogP contribution in [0.4, 0.5) is 5.69 Å². The van der Waals surface area contributed by atoms with Crippen LogP contribution in [0.3, 0.4) is 0 Å². The van der Waals surface area contributed by atoms with Crippen molar-refractivity contribution < 1.29 is 22.8 Å². The molecule has 0 bridgehead atoms. The first-order valence-corrected chi connectivity index (χ1v) is 16.5. The van der Waals surface area contributed by atoms with Gasteiger partial charge in [0.2, 0.25) is 27.7 Å². The fourth-order valence-electron chi connectivity index (χ4n) is 5.55. The summed E-state index contributed by atoms with van der Waals surface area (Å²) in [5, 5.41) is 7.14. The Labute approximate surface area is 257 Å². The van der Waals surface area contributed by atoms with E-state index in [0.29, 0.717) is 26.2 Å². The average Bonchev–Trinajstić information content (AvgIpc) is 3.06. The second kappa shape index (κ2) is 14.6. The van der Waals surface area contributed by atoms with Gasteiger partial charge in [-0.2, -0.15) is 0 Å². The van der Waals surface area contributed by atoms with Crippen molar-refractivity contribution in [2.45, 2.75) is 30.2 Å². The van der Waals surface area contributed by atoms with E-state index in [4.69, 9.17) is 0 Å². The molecule has 3 amide bonds. The first-order valence-electron chi connectivity index (χ1n) is 15.0. The Morgan fingerprint density at radius 1 is 0.818 bits per heavy atom. The van der Waals surface area contributed by atoms with E-state index in [-0.39, 0.29) is 29.8 Å². The van der Waals surface area contributed by atoms with Crippen molar-refractivity contribution in [1.29, 1.82) is 0 Å². The first kappa shape index (κ1) is 31.4. The van der Waals surface area contributed by atoms with Gasteiger partial charge in [-0.05, 0) is 54.3 Å². The number of hydrogen-bond acceptors (Lipinski definition) is 8. The summed E-state index contributed by atoms with van der Waals surface area (Å²) in [7, 11) is -3.94. The second-order valence-electron chi connectivity index (χ2n) is 11.1. The maximum absolute atomic E-state index is 13.4. The van der Waals surface area contributed by atoms with E-state index in [0.717, 1.165) is 48.8 Å². The molecular formula is C31H39N7O5S. The minimum Gasteiger partial charge on any atom is -0.369 e. The van der Waals surface area contributed by atoms with Crippen LogP contribution >= 0.6 is 0 Å². The lowest BCUT2D eigenvalue weighted by Crippen LogP contribution is -2.57. The fourth-order valence-corrected chi connectivity index (χ4v) is 6.57. The number of rotatable bonds is 11. The van der Waals surface area contributed by atoms with Crippen LogP contribution in [0.15, 0.2) is 71.9 Å². The molecular weight excluding hydrogens is 582 g/mol. The van der Waals surface area contributed by atoms with Crippen LogP contribution in [0, 0.1) is 0 Å². The highest BCUT2D eigenvalue weighted by molar-refractivity contribution is 7.89. The molecule has 5 rings (SSSR count). The van der Waals surface area contributed by atoms with Crippen LogP contribution < -0.4 is 20.3 Å². The van der Waals surface area contributed by atoms with Crippen molar-refractivity contribution >= 4 is 44.2 Å². The van der Waals surface area contributed by atoms with Crippen LogP contribution in [0.1, 0.15) is 19.3 Å². The minimum atomic E-state index is -3.94. The number of sulfonamides is 1.